The summed E-state index contributed by atoms with van der Waals surface area (Å²) >= 11 is 0. The molecule has 2 aromatic carbocycles. The highest BCUT2D eigenvalue weighted by molar-refractivity contribution is 7.90. The number of benzene rings is 2. The largest absolute Gasteiger partial charge is 0.508 e. The molecule has 0 fully saturated rings. The van der Waals surface area contributed by atoms with E-state index in [1.807, 2.05) is 0 Å². The molecule has 0 radical (unpaired) electrons. The van der Waals surface area contributed by atoms with Crippen molar-refractivity contribution in [2.75, 3.05) is 18.6 Å². The van der Waals surface area contributed by atoms with Crippen LogP contribution in [0.25, 0.3) is 0 Å². The van der Waals surface area contributed by atoms with Crippen molar-refractivity contribution < 1.29 is 22.5 Å². The number of ether oxygens (including phenoxy) is 1. The van der Waals surface area contributed by atoms with Gasteiger partial charge in [0.1, 0.15) is 18.1 Å². The van der Waals surface area contributed by atoms with Crippen LogP contribution in [0.4, 0.5) is 0 Å². The van der Waals surface area contributed by atoms with E-state index in [4.69, 9.17) is 4.74 Å². The van der Waals surface area contributed by atoms with Crippen molar-refractivity contribution in [2.24, 2.45) is 0 Å². The SMILES string of the molecule is CS(=O)(=O)c1ccc(OCC[S@@](=O)c2ccc(O)cc2)cc1. The van der Waals surface area contributed by atoms with Crippen LogP contribution in [0.5, 0.6) is 11.5 Å². The monoisotopic (exact) mass is 340 g/mol. The zero-order chi connectivity index (χ0) is 16.2. The molecule has 22 heavy (non-hydrogen) atoms. The van der Waals surface area contributed by atoms with Crippen LogP contribution in [0.1, 0.15) is 0 Å². The summed E-state index contributed by atoms with van der Waals surface area (Å²) in [5.41, 5.74) is 0. The van der Waals surface area contributed by atoms with E-state index in [1.54, 1.807) is 24.3 Å². The number of phenols is 1. The minimum absolute atomic E-state index is 0.128. The van der Waals surface area contributed by atoms with Gasteiger partial charge in [0.25, 0.3) is 0 Å². The number of phenolic OH excluding ortho intramolecular Hbond substituents is 1. The average Bonchev–Trinajstić information content (AvgIpc) is 2.47. The highest BCUT2D eigenvalue weighted by atomic mass is 32.2. The number of rotatable bonds is 6. The first kappa shape index (κ1) is 16.5. The molecule has 0 saturated heterocycles. The van der Waals surface area contributed by atoms with Gasteiger partial charge in [0.05, 0.1) is 21.4 Å². The minimum atomic E-state index is -3.22. The first-order valence-corrected chi connectivity index (χ1v) is 9.67. The summed E-state index contributed by atoms with van der Waals surface area (Å²) in [6.07, 6.45) is 1.14. The van der Waals surface area contributed by atoms with Gasteiger partial charge in [0.15, 0.2) is 9.84 Å². The van der Waals surface area contributed by atoms with Crippen LogP contribution >= 0.6 is 0 Å². The molecule has 1 atom stereocenters. The second kappa shape index (κ2) is 6.93. The Balaban J connectivity index is 1.88. The molecule has 0 bridgehead atoms. The summed E-state index contributed by atoms with van der Waals surface area (Å²) in [5.74, 6) is 0.955. The number of sulfone groups is 1. The zero-order valence-corrected chi connectivity index (χ0v) is 13.6. The average molecular weight is 340 g/mol. The molecule has 0 aliphatic rings. The lowest BCUT2D eigenvalue weighted by Gasteiger charge is -2.07. The normalized spacial score (nSPS) is 12.8. The van der Waals surface area contributed by atoms with Crippen LogP contribution in [0.15, 0.2) is 58.3 Å². The molecule has 118 valence electrons. The molecule has 0 aliphatic heterocycles. The van der Waals surface area contributed by atoms with Crippen molar-refractivity contribution in [1.82, 2.24) is 0 Å². The maximum Gasteiger partial charge on any atom is 0.175 e. The van der Waals surface area contributed by atoms with Gasteiger partial charge in [0.2, 0.25) is 0 Å². The fourth-order valence-electron chi connectivity index (χ4n) is 1.73. The Morgan fingerprint density at radius 2 is 1.64 bits per heavy atom. The molecule has 0 unspecified atom stereocenters. The van der Waals surface area contributed by atoms with Crippen LogP contribution in [0.3, 0.4) is 0 Å². The molecule has 0 heterocycles. The lowest BCUT2D eigenvalue weighted by molar-refractivity contribution is 0.342. The second-order valence-corrected chi connectivity index (χ2v) is 8.22. The van der Waals surface area contributed by atoms with E-state index in [1.165, 1.54) is 24.3 Å². The highest BCUT2D eigenvalue weighted by Gasteiger charge is 2.07. The Hall–Kier alpha value is -1.86. The van der Waals surface area contributed by atoms with Gasteiger partial charge in [-0.05, 0) is 48.5 Å². The second-order valence-electron chi connectivity index (χ2n) is 4.64. The van der Waals surface area contributed by atoms with Gasteiger partial charge >= 0.3 is 0 Å². The Morgan fingerprint density at radius 1 is 1.05 bits per heavy atom. The molecule has 0 saturated carbocycles. The highest BCUT2D eigenvalue weighted by Crippen LogP contribution is 2.16. The van der Waals surface area contributed by atoms with E-state index < -0.39 is 20.6 Å². The number of hydrogen-bond donors (Lipinski definition) is 1. The quantitative estimate of drug-likeness (QED) is 0.870. The lowest BCUT2D eigenvalue weighted by Crippen LogP contribution is -2.08. The summed E-state index contributed by atoms with van der Waals surface area (Å²) in [6, 6.07) is 12.3. The molecule has 2 rings (SSSR count). The van der Waals surface area contributed by atoms with E-state index in [2.05, 4.69) is 0 Å². The first-order valence-electron chi connectivity index (χ1n) is 6.46. The van der Waals surface area contributed by atoms with Crippen molar-refractivity contribution in [3.05, 3.63) is 48.5 Å². The predicted octanol–water partition coefficient (Wildman–Crippen LogP) is 1.98. The molecule has 0 aliphatic carbocycles. The van der Waals surface area contributed by atoms with E-state index in [9.17, 15) is 17.7 Å². The van der Waals surface area contributed by atoms with Crippen molar-refractivity contribution in [2.45, 2.75) is 9.79 Å². The molecule has 7 heteroatoms. The molecule has 0 spiro atoms. The van der Waals surface area contributed by atoms with Gasteiger partial charge in [-0.1, -0.05) is 0 Å². The maximum absolute atomic E-state index is 12.0. The van der Waals surface area contributed by atoms with Crippen LogP contribution in [0.2, 0.25) is 0 Å². The van der Waals surface area contributed by atoms with E-state index in [-0.39, 0.29) is 17.3 Å². The summed E-state index contributed by atoms with van der Waals surface area (Å²) in [6.45, 7) is 0.242. The van der Waals surface area contributed by atoms with Crippen molar-refractivity contribution in [3.63, 3.8) is 0 Å². The smallest absolute Gasteiger partial charge is 0.175 e. The van der Waals surface area contributed by atoms with Crippen LogP contribution in [-0.2, 0) is 20.6 Å². The first-order chi connectivity index (χ1) is 10.4. The third kappa shape index (κ3) is 4.57. The van der Waals surface area contributed by atoms with E-state index >= 15 is 0 Å². The summed E-state index contributed by atoms with van der Waals surface area (Å²) in [4.78, 5) is 0.848. The van der Waals surface area contributed by atoms with Gasteiger partial charge < -0.3 is 9.84 Å². The topological polar surface area (TPSA) is 80.7 Å². The lowest BCUT2D eigenvalue weighted by atomic mass is 10.3. The van der Waals surface area contributed by atoms with Crippen LogP contribution in [0, 0.1) is 0 Å². The molecule has 5 nitrogen and oxygen atoms in total. The van der Waals surface area contributed by atoms with Crippen molar-refractivity contribution in [1.29, 1.82) is 0 Å². The van der Waals surface area contributed by atoms with Crippen LogP contribution < -0.4 is 4.74 Å². The molecule has 0 aromatic heterocycles. The maximum atomic E-state index is 12.0. The fraction of sp³-hybridized carbons (Fsp3) is 0.200. The number of hydrogen-bond acceptors (Lipinski definition) is 5. The van der Waals surface area contributed by atoms with Gasteiger partial charge in [0, 0.05) is 11.2 Å². The van der Waals surface area contributed by atoms with Gasteiger partial charge in [-0.15, -0.1) is 0 Å². The predicted molar refractivity (Wildman–Crippen MR) is 84.4 cm³/mol. The molecular formula is C15H16O5S2. The van der Waals surface area contributed by atoms with Crippen LogP contribution in [-0.4, -0.2) is 36.3 Å². The van der Waals surface area contributed by atoms with Gasteiger partial charge in [-0.25, -0.2) is 8.42 Å². The number of aromatic hydroxyl groups is 1. The molecule has 2 aromatic rings. The Bertz CT molecular complexity index is 750. The Kier molecular flexibility index (Phi) is 5.20. The van der Waals surface area contributed by atoms with Gasteiger partial charge in [-0.3, -0.25) is 4.21 Å². The zero-order valence-electron chi connectivity index (χ0n) is 11.9. The van der Waals surface area contributed by atoms with Gasteiger partial charge in [-0.2, -0.15) is 0 Å². The third-order valence-corrected chi connectivity index (χ3v) is 5.35. The standard InChI is InChI=1S/C15H16O5S2/c1-22(18,19)15-8-4-13(5-9-15)20-10-11-21(17)14-6-2-12(16)3-7-14/h2-9,16H,10-11H2,1H3/t21-/m1/s1. The van der Waals surface area contributed by atoms with Crippen molar-refractivity contribution in [3.8, 4) is 11.5 Å². The Labute approximate surface area is 131 Å². The third-order valence-electron chi connectivity index (χ3n) is 2.89. The minimum Gasteiger partial charge on any atom is -0.508 e. The summed E-state index contributed by atoms with van der Waals surface area (Å²) < 4.78 is 40.1. The van der Waals surface area contributed by atoms with Crippen molar-refractivity contribution >= 4 is 20.6 Å². The molecule has 0 amide bonds. The Morgan fingerprint density at radius 3 is 2.18 bits per heavy atom. The fourth-order valence-corrected chi connectivity index (χ4v) is 3.27. The van der Waals surface area contributed by atoms with E-state index in [0.717, 1.165) is 6.26 Å². The molecular weight excluding hydrogens is 324 g/mol. The van der Waals surface area contributed by atoms with E-state index in [0.29, 0.717) is 16.4 Å². The summed E-state index contributed by atoms with van der Waals surface area (Å²) in [7, 11) is -4.43. The molecule has 1 N–H and O–H groups in total. The summed E-state index contributed by atoms with van der Waals surface area (Å²) in [5, 5.41) is 9.18.